The third kappa shape index (κ3) is 3.22. The van der Waals surface area contributed by atoms with Crippen LogP contribution in [0.15, 0.2) is 24.3 Å². The van der Waals surface area contributed by atoms with Crippen LogP contribution in [0.25, 0.3) is 0 Å². The molecule has 0 bridgehead atoms. The minimum atomic E-state index is -0.943. The van der Waals surface area contributed by atoms with Gasteiger partial charge in [-0.1, -0.05) is 12.1 Å². The molecule has 1 N–H and O–H groups in total. The number of aromatic carboxylic acids is 1. The molecule has 0 aliphatic rings. The Morgan fingerprint density at radius 2 is 1.79 bits per heavy atom. The Balaban J connectivity index is 2.64. The van der Waals surface area contributed by atoms with E-state index in [1.54, 1.807) is 12.1 Å². The topological polar surface area (TPSA) is 54.4 Å². The summed E-state index contributed by atoms with van der Waals surface area (Å²) in [6, 6.07) is 6.47. The van der Waals surface area contributed by atoms with E-state index < -0.39 is 5.97 Å². The number of thiol groups is 1. The summed E-state index contributed by atoms with van der Waals surface area (Å²) in [5.74, 6) is -0.943. The van der Waals surface area contributed by atoms with Gasteiger partial charge in [-0.15, -0.1) is 12.6 Å². The molecule has 0 aliphatic carbocycles. The maximum absolute atomic E-state index is 10.6. The quantitative estimate of drug-likeness (QED) is 0.745. The number of rotatable bonds is 4. The van der Waals surface area contributed by atoms with E-state index in [1.165, 1.54) is 12.1 Å². The molecule has 0 spiro atoms. The number of carbonyl (C=O) groups is 2. The Bertz CT molecular complexity index is 343. The number of aryl methyl sites for hydroxylation is 1. The van der Waals surface area contributed by atoms with Crippen LogP contribution >= 0.6 is 12.6 Å². The van der Waals surface area contributed by atoms with Crippen LogP contribution in [0.4, 0.5) is 0 Å². The van der Waals surface area contributed by atoms with Gasteiger partial charge in [-0.3, -0.25) is 4.79 Å². The molecule has 0 heterocycles. The second kappa shape index (κ2) is 4.81. The number of hydrogen-bond donors (Lipinski definition) is 2. The van der Waals surface area contributed by atoms with Crippen molar-refractivity contribution in [2.75, 3.05) is 0 Å². The zero-order chi connectivity index (χ0) is 10.6. The van der Waals surface area contributed by atoms with Crippen molar-refractivity contribution >= 4 is 23.7 Å². The molecular formula is C10H10O3S. The Kier molecular flexibility index (Phi) is 3.71. The van der Waals surface area contributed by atoms with E-state index in [9.17, 15) is 9.59 Å². The predicted octanol–water partition coefficient (Wildman–Crippen LogP) is 1.77. The van der Waals surface area contributed by atoms with Crippen molar-refractivity contribution in [3.05, 3.63) is 35.4 Å². The molecule has 0 saturated heterocycles. The van der Waals surface area contributed by atoms with Crippen LogP contribution < -0.4 is 0 Å². The van der Waals surface area contributed by atoms with E-state index in [-0.39, 0.29) is 10.7 Å². The zero-order valence-corrected chi connectivity index (χ0v) is 8.33. The van der Waals surface area contributed by atoms with E-state index in [0.29, 0.717) is 12.8 Å². The molecule has 0 fully saturated rings. The van der Waals surface area contributed by atoms with E-state index in [4.69, 9.17) is 5.11 Å². The van der Waals surface area contributed by atoms with Gasteiger partial charge in [0.05, 0.1) is 5.56 Å². The predicted molar refractivity (Wildman–Crippen MR) is 55.7 cm³/mol. The summed E-state index contributed by atoms with van der Waals surface area (Å²) >= 11 is 3.65. The summed E-state index contributed by atoms with van der Waals surface area (Å²) in [4.78, 5) is 21.1. The summed E-state index contributed by atoms with van der Waals surface area (Å²) < 4.78 is 0. The summed E-state index contributed by atoms with van der Waals surface area (Å²) in [6.45, 7) is 0. The highest BCUT2D eigenvalue weighted by molar-refractivity contribution is 7.96. The maximum atomic E-state index is 10.6. The lowest BCUT2D eigenvalue weighted by atomic mass is 10.1. The summed E-state index contributed by atoms with van der Waals surface area (Å²) in [6.07, 6.45) is 0.970. The highest BCUT2D eigenvalue weighted by Crippen LogP contribution is 2.07. The first-order valence-electron chi connectivity index (χ1n) is 4.13. The summed E-state index contributed by atoms with van der Waals surface area (Å²) in [5.41, 5.74) is 1.20. The van der Waals surface area contributed by atoms with Gasteiger partial charge in [-0.05, 0) is 24.1 Å². The number of carboxylic acids is 1. The number of benzene rings is 1. The first kappa shape index (κ1) is 10.8. The maximum Gasteiger partial charge on any atom is 0.335 e. The smallest absolute Gasteiger partial charge is 0.335 e. The van der Waals surface area contributed by atoms with Crippen LogP contribution in [-0.2, 0) is 11.2 Å². The van der Waals surface area contributed by atoms with Gasteiger partial charge in [0.2, 0.25) is 0 Å². The lowest BCUT2D eigenvalue weighted by molar-refractivity contribution is -0.110. The molecule has 1 rings (SSSR count). The standard InChI is InChI=1S/C10H10O3S/c11-9(14)6-3-7-1-4-8(5-2-7)10(12)13/h1-2,4-5H,3,6H2,(H,11,14)(H,12,13). The third-order valence-electron chi connectivity index (χ3n) is 1.83. The van der Waals surface area contributed by atoms with Crippen LogP contribution in [0, 0.1) is 0 Å². The monoisotopic (exact) mass is 210 g/mol. The van der Waals surface area contributed by atoms with Gasteiger partial charge in [0.25, 0.3) is 0 Å². The van der Waals surface area contributed by atoms with Crippen molar-refractivity contribution in [2.24, 2.45) is 0 Å². The van der Waals surface area contributed by atoms with Crippen molar-refractivity contribution in [1.29, 1.82) is 0 Å². The molecule has 1 aromatic carbocycles. The average molecular weight is 210 g/mol. The summed E-state index contributed by atoms with van der Waals surface area (Å²) in [5, 5.41) is 8.47. The minimum absolute atomic E-state index is 0.160. The van der Waals surface area contributed by atoms with Gasteiger partial charge in [-0.25, -0.2) is 4.79 Å². The van der Waals surface area contributed by atoms with E-state index in [2.05, 4.69) is 12.6 Å². The molecular weight excluding hydrogens is 200 g/mol. The van der Waals surface area contributed by atoms with E-state index in [1.807, 2.05) is 0 Å². The molecule has 3 nitrogen and oxygen atoms in total. The van der Waals surface area contributed by atoms with Crippen LogP contribution in [-0.4, -0.2) is 16.2 Å². The SMILES string of the molecule is O=C(S)CCc1ccc(C(=O)O)cc1. The molecule has 0 aliphatic heterocycles. The number of carboxylic acid groups (broad SMARTS) is 1. The number of hydrogen-bond acceptors (Lipinski definition) is 2. The van der Waals surface area contributed by atoms with Gasteiger partial charge >= 0.3 is 5.97 Å². The molecule has 0 amide bonds. The Labute approximate surface area is 87.2 Å². The second-order valence-corrected chi connectivity index (χ2v) is 3.39. The zero-order valence-electron chi connectivity index (χ0n) is 7.43. The van der Waals surface area contributed by atoms with Crippen LogP contribution in [0.3, 0.4) is 0 Å². The first-order chi connectivity index (χ1) is 6.59. The van der Waals surface area contributed by atoms with Gasteiger partial charge in [-0.2, -0.15) is 0 Å². The molecule has 0 radical (unpaired) electrons. The molecule has 0 unspecified atom stereocenters. The van der Waals surface area contributed by atoms with Crippen LogP contribution in [0.2, 0.25) is 0 Å². The molecule has 1 aromatic rings. The molecule has 0 atom stereocenters. The van der Waals surface area contributed by atoms with Gasteiger partial charge < -0.3 is 5.11 Å². The van der Waals surface area contributed by atoms with Crippen molar-refractivity contribution in [1.82, 2.24) is 0 Å². The fourth-order valence-corrected chi connectivity index (χ4v) is 1.18. The lowest BCUT2D eigenvalue weighted by Gasteiger charge is -1.99. The normalized spacial score (nSPS) is 9.79. The largest absolute Gasteiger partial charge is 0.478 e. The van der Waals surface area contributed by atoms with Gasteiger partial charge in [0.15, 0.2) is 5.12 Å². The van der Waals surface area contributed by atoms with Crippen molar-refractivity contribution in [2.45, 2.75) is 12.8 Å². The highest BCUT2D eigenvalue weighted by Gasteiger charge is 2.02. The highest BCUT2D eigenvalue weighted by atomic mass is 32.1. The van der Waals surface area contributed by atoms with Crippen molar-refractivity contribution in [3.8, 4) is 0 Å². The second-order valence-electron chi connectivity index (χ2n) is 2.90. The molecule has 0 saturated carbocycles. The fourth-order valence-electron chi connectivity index (χ4n) is 1.07. The van der Waals surface area contributed by atoms with Gasteiger partial charge in [0.1, 0.15) is 0 Å². The van der Waals surface area contributed by atoms with Crippen molar-refractivity contribution < 1.29 is 14.7 Å². The minimum Gasteiger partial charge on any atom is -0.478 e. The lowest BCUT2D eigenvalue weighted by Crippen LogP contribution is -1.97. The van der Waals surface area contributed by atoms with Crippen LogP contribution in [0.5, 0.6) is 0 Å². The summed E-state index contributed by atoms with van der Waals surface area (Å²) in [7, 11) is 0. The van der Waals surface area contributed by atoms with Crippen molar-refractivity contribution in [3.63, 3.8) is 0 Å². The van der Waals surface area contributed by atoms with Gasteiger partial charge in [0, 0.05) is 6.42 Å². The fraction of sp³-hybridized carbons (Fsp3) is 0.200. The molecule has 14 heavy (non-hydrogen) atoms. The Hall–Kier alpha value is -1.29. The average Bonchev–Trinajstić information content (AvgIpc) is 2.15. The molecule has 74 valence electrons. The van der Waals surface area contributed by atoms with E-state index >= 15 is 0 Å². The Morgan fingerprint density at radius 3 is 2.21 bits per heavy atom. The van der Waals surface area contributed by atoms with E-state index in [0.717, 1.165) is 5.56 Å². The third-order valence-corrected chi connectivity index (χ3v) is 2.05. The first-order valence-corrected chi connectivity index (χ1v) is 4.58. The van der Waals surface area contributed by atoms with Crippen LogP contribution in [0.1, 0.15) is 22.3 Å². The number of carbonyl (C=O) groups excluding carboxylic acids is 1. The molecule has 0 aromatic heterocycles. The Morgan fingerprint density at radius 1 is 1.21 bits per heavy atom. The molecule has 4 heteroatoms.